The molecule has 5 nitrogen and oxygen atoms in total. The molecule has 0 fully saturated rings. The van der Waals surface area contributed by atoms with Crippen LogP contribution in [-0.2, 0) is 13.1 Å². The Labute approximate surface area is 142 Å². The van der Waals surface area contributed by atoms with Gasteiger partial charge in [-0.15, -0.1) is 0 Å². The van der Waals surface area contributed by atoms with Crippen molar-refractivity contribution in [1.82, 2.24) is 10.2 Å². The summed E-state index contributed by atoms with van der Waals surface area (Å²) in [6.45, 7) is 4.21. The van der Waals surface area contributed by atoms with Gasteiger partial charge in [-0.25, -0.2) is 4.79 Å². The van der Waals surface area contributed by atoms with Crippen molar-refractivity contribution >= 4 is 6.03 Å². The zero-order chi connectivity index (χ0) is 16.9. The fourth-order valence-corrected chi connectivity index (χ4v) is 2.67. The Morgan fingerprint density at radius 3 is 2.67 bits per heavy atom. The van der Waals surface area contributed by atoms with Crippen molar-refractivity contribution < 1.29 is 14.3 Å². The minimum atomic E-state index is -0.105. The molecule has 2 aromatic rings. The van der Waals surface area contributed by atoms with Crippen molar-refractivity contribution in [2.24, 2.45) is 0 Å². The molecule has 0 atom stereocenters. The Morgan fingerprint density at radius 1 is 1.08 bits per heavy atom. The first-order valence-corrected chi connectivity index (χ1v) is 8.05. The molecule has 24 heavy (non-hydrogen) atoms. The van der Waals surface area contributed by atoms with Crippen LogP contribution in [0.25, 0.3) is 0 Å². The SMILES string of the molecule is Cc1cccc(CNC(=O)N(C)Cc2ccc3c(c2)OCCO3)c1. The van der Waals surface area contributed by atoms with E-state index in [1.54, 1.807) is 11.9 Å². The van der Waals surface area contributed by atoms with Crippen molar-refractivity contribution in [1.29, 1.82) is 0 Å². The number of aryl methyl sites for hydroxylation is 1. The fraction of sp³-hybridized carbons (Fsp3) is 0.316. The lowest BCUT2D eigenvalue weighted by Crippen LogP contribution is -2.36. The lowest BCUT2D eigenvalue weighted by molar-refractivity contribution is 0.171. The van der Waals surface area contributed by atoms with Gasteiger partial charge in [0.1, 0.15) is 13.2 Å². The molecule has 1 N–H and O–H groups in total. The average molecular weight is 326 g/mol. The molecule has 3 rings (SSSR count). The monoisotopic (exact) mass is 326 g/mol. The summed E-state index contributed by atoms with van der Waals surface area (Å²) < 4.78 is 11.1. The fourth-order valence-electron chi connectivity index (χ4n) is 2.67. The highest BCUT2D eigenvalue weighted by Crippen LogP contribution is 2.31. The highest BCUT2D eigenvalue weighted by atomic mass is 16.6. The van der Waals surface area contributed by atoms with Crippen molar-refractivity contribution in [3.63, 3.8) is 0 Å². The maximum Gasteiger partial charge on any atom is 0.317 e. The molecule has 0 spiro atoms. The molecule has 1 heterocycles. The number of ether oxygens (including phenoxy) is 2. The van der Waals surface area contributed by atoms with Crippen LogP contribution in [-0.4, -0.2) is 31.2 Å². The van der Waals surface area contributed by atoms with E-state index in [-0.39, 0.29) is 6.03 Å². The minimum Gasteiger partial charge on any atom is -0.486 e. The van der Waals surface area contributed by atoms with E-state index in [4.69, 9.17) is 9.47 Å². The third kappa shape index (κ3) is 3.98. The van der Waals surface area contributed by atoms with Crippen LogP contribution in [0.4, 0.5) is 4.79 Å². The standard InChI is InChI=1S/C19H22N2O3/c1-14-4-3-5-15(10-14)12-20-19(22)21(2)13-16-6-7-17-18(11-16)24-9-8-23-17/h3-7,10-11H,8-9,12-13H2,1-2H3,(H,20,22). The number of nitrogens with one attached hydrogen (secondary N) is 1. The van der Waals surface area contributed by atoms with E-state index in [1.165, 1.54) is 5.56 Å². The summed E-state index contributed by atoms with van der Waals surface area (Å²) in [6.07, 6.45) is 0. The molecule has 0 aromatic heterocycles. The van der Waals surface area contributed by atoms with Crippen molar-refractivity contribution in [3.8, 4) is 11.5 Å². The van der Waals surface area contributed by atoms with Crippen LogP contribution in [0.1, 0.15) is 16.7 Å². The molecule has 2 aromatic carbocycles. The van der Waals surface area contributed by atoms with Gasteiger partial charge < -0.3 is 19.7 Å². The quantitative estimate of drug-likeness (QED) is 0.939. The maximum atomic E-state index is 12.3. The van der Waals surface area contributed by atoms with Crippen molar-refractivity contribution in [2.75, 3.05) is 20.3 Å². The highest BCUT2D eigenvalue weighted by Gasteiger charge is 2.14. The van der Waals surface area contributed by atoms with Crippen LogP contribution in [0, 0.1) is 6.92 Å². The summed E-state index contributed by atoms with van der Waals surface area (Å²) in [4.78, 5) is 13.9. The van der Waals surface area contributed by atoms with E-state index in [1.807, 2.05) is 43.3 Å². The first-order chi connectivity index (χ1) is 11.6. The first kappa shape index (κ1) is 16.2. The van der Waals surface area contributed by atoms with Gasteiger partial charge in [0, 0.05) is 20.1 Å². The van der Waals surface area contributed by atoms with Crippen LogP contribution >= 0.6 is 0 Å². The van der Waals surface area contributed by atoms with Crippen LogP contribution < -0.4 is 14.8 Å². The van der Waals surface area contributed by atoms with Crippen molar-refractivity contribution in [2.45, 2.75) is 20.0 Å². The lowest BCUT2D eigenvalue weighted by atomic mass is 10.1. The number of rotatable bonds is 4. The number of carbonyl (C=O) groups excluding carboxylic acids is 1. The molecule has 0 radical (unpaired) electrons. The maximum absolute atomic E-state index is 12.3. The normalized spacial score (nSPS) is 12.6. The Kier molecular flexibility index (Phi) is 4.89. The number of fused-ring (bicyclic) bond motifs is 1. The summed E-state index contributed by atoms with van der Waals surface area (Å²) in [5, 5.41) is 2.94. The van der Waals surface area contributed by atoms with E-state index in [0.717, 1.165) is 22.6 Å². The molecular weight excluding hydrogens is 304 g/mol. The van der Waals surface area contributed by atoms with E-state index in [0.29, 0.717) is 26.3 Å². The zero-order valence-corrected chi connectivity index (χ0v) is 14.0. The number of urea groups is 1. The third-order valence-corrected chi connectivity index (χ3v) is 3.90. The van der Waals surface area contributed by atoms with E-state index < -0.39 is 0 Å². The van der Waals surface area contributed by atoms with Gasteiger partial charge in [-0.2, -0.15) is 0 Å². The molecule has 1 aliphatic rings. The largest absolute Gasteiger partial charge is 0.486 e. The van der Waals surface area contributed by atoms with Gasteiger partial charge in [0.25, 0.3) is 0 Å². The van der Waals surface area contributed by atoms with Crippen molar-refractivity contribution in [3.05, 3.63) is 59.2 Å². The van der Waals surface area contributed by atoms with Gasteiger partial charge in [0.15, 0.2) is 11.5 Å². The molecular formula is C19H22N2O3. The second-order valence-electron chi connectivity index (χ2n) is 5.98. The number of benzene rings is 2. The number of hydrogen-bond acceptors (Lipinski definition) is 3. The Hall–Kier alpha value is -2.69. The Balaban J connectivity index is 1.56. The Morgan fingerprint density at radius 2 is 1.88 bits per heavy atom. The van der Waals surface area contributed by atoms with Crippen LogP contribution in [0.5, 0.6) is 11.5 Å². The number of carbonyl (C=O) groups is 1. The molecule has 0 saturated carbocycles. The van der Waals surface area contributed by atoms with Gasteiger partial charge in [0.2, 0.25) is 0 Å². The predicted octanol–water partition coefficient (Wildman–Crippen LogP) is 3.11. The summed E-state index contributed by atoms with van der Waals surface area (Å²) in [5.41, 5.74) is 3.29. The highest BCUT2D eigenvalue weighted by molar-refractivity contribution is 5.73. The summed E-state index contributed by atoms with van der Waals surface area (Å²) in [5.74, 6) is 1.50. The molecule has 0 saturated heterocycles. The molecule has 126 valence electrons. The molecule has 0 aliphatic carbocycles. The first-order valence-electron chi connectivity index (χ1n) is 8.05. The molecule has 2 amide bonds. The third-order valence-electron chi connectivity index (χ3n) is 3.90. The van der Waals surface area contributed by atoms with Gasteiger partial charge in [-0.05, 0) is 30.2 Å². The Bertz CT molecular complexity index is 730. The van der Waals surface area contributed by atoms with Crippen LogP contribution in [0.15, 0.2) is 42.5 Å². The van der Waals surface area contributed by atoms with Gasteiger partial charge in [0.05, 0.1) is 0 Å². The van der Waals surface area contributed by atoms with E-state index in [2.05, 4.69) is 11.4 Å². The van der Waals surface area contributed by atoms with Gasteiger partial charge in [-0.1, -0.05) is 35.9 Å². The summed E-state index contributed by atoms with van der Waals surface area (Å²) in [7, 11) is 1.78. The number of nitrogens with zero attached hydrogens (tertiary/aromatic N) is 1. The summed E-state index contributed by atoms with van der Waals surface area (Å²) in [6, 6.07) is 13.8. The molecule has 0 unspecified atom stereocenters. The summed E-state index contributed by atoms with van der Waals surface area (Å²) >= 11 is 0. The molecule has 1 aliphatic heterocycles. The van der Waals surface area contributed by atoms with Crippen LogP contribution in [0.2, 0.25) is 0 Å². The smallest absolute Gasteiger partial charge is 0.317 e. The minimum absolute atomic E-state index is 0.105. The number of amides is 2. The zero-order valence-electron chi connectivity index (χ0n) is 14.0. The lowest BCUT2D eigenvalue weighted by Gasteiger charge is -2.21. The van der Waals surface area contributed by atoms with E-state index in [9.17, 15) is 4.79 Å². The van der Waals surface area contributed by atoms with E-state index >= 15 is 0 Å². The van der Waals surface area contributed by atoms with Gasteiger partial charge >= 0.3 is 6.03 Å². The van der Waals surface area contributed by atoms with Gasteiger partial charge in [-0.3, -0.25) is 0 Å². The molecule has 0 bridgehead atoms. The van der Waals surface area contributed by atoms with Crippen LogP contribution in [0.3, 0.4) is 0 Å². The average Bonchev–Trinajstić information content (AvgIpc) is 2.59. The number of hydrogen-bond donors (Lipinski definition) is 1. The predicted molar refractivity (Wildman–Crippen MR) is 92.3 cm³/mol. The second kappa shape index (κ2) is 7.25. The topological polar surface area (TPSA) is 50.8 Å². The molecule has 5 heteroatoms. The second-order valence-corrected chi connectivity index (χ2v) is 5.98.